The summed E-state index contributed by atoms with van der Waals surface area (Å²) in [4.78, 5) is 27.1. The zero-order valence-corrected chi connectivity index (χ0v) is 10.9. The number of nitrogens with one attached hydrogen (secondary N) is 2. The number of hydrogen-bond donors (Lipinski definition) is 2. The molecule has 3 aromatic heterocycles. The molecule has 3 aromatic rings. The monoisotopic (exact) mass is 271 g/mol. The maximum absolute atomic E-state index is 12.1. The molecule has 0 aliphatic rings. The minimum absolute atomic E-state index is 0.174. The molecular formula is C12H13N7O. The Hall–Kier alpha value is -2.77. The number of hydrogen-bond acceptors (Lipinski definition) is 5. The number of nitrogens with zero attached hydrogens (tertiary/aromatic N) is 5. The van der Waals surface area contributed by atoms with Gasteiger partial charge in [0.05, 0.1) is 17.6 Å². The molecular weight excluding hydrogens is 258 g/mol. The van der Waals surface area contributed by atoms with Crippen LogP contribution in [0.25, 0.3) is 5.78 Å². The van der Waals surface area contributed by atoms with Crippen LogP contribution in [0.2, 0.25) is 0 Å². The molecule has 0 aromatic carbocycles. The van der Waals surface area contributed by atoms with Gasteiger partial charge in [0.1, 0.15) is 6.33 Å². The fraction of sp³-hybridized carbons (Fsp3) is 0.250. The molecule has 102 valence electrons. The molecule has 0 saturated carbocycles. The fourth-order valence-electron chi connectivity index (χ4n) is 1.94. The molecule has 0 saturated heterocycles. The number of H-pyrrole nitrogens is 1. The number of carbonyl (C=O) groups excluding carboxylic acids is 1. The van der Waals surface area contributed by atoms with Crippen molar-refractivity contribution in [2.75, 3.05) is 6.54 Å². The van der Waals surface area contributed by atoms with Crippen LogP contribution < -0.4 is 5.32 Å². The van der Waals surface area contributed by atoms with Crippen LogP contribution in [-0.4, -0.2) is 42.0 Å². The van der Waals surface area contributed by atoms with Crippen LogP contribution >= 0.6 is 0 Å². The van der Waals surface area contributed by atoms with Gasteiger partial charge >= 0.3 is 0 Å². The smallest absolute Gasteiger partial charge is 0.254 e. The van der Waals surface area contributed by atoms with E-state index in [0.29, 0.717) is 30.0 Å². The van der Waals surface area contributed by atoms with E-state index in [4.69, 9.17) is 0 Å². The average molecular weight is 271 g/mol. The van der Waals surface area contributed by atoms with Crippen molar-refractivity contribution in [2.24, 2.45) is 0 Å². The average Bonchev–Trinajstić information content (AvgIpc) is 3.09. The summed E-state index contributed by atoms with van der Waals surface area (Å²) in [6.45, 7) is 2.34. The second-order valence-corrected chi connectivity index (χ2v) is 4.31. The highest BCUT2D eigenvalue weighted by molar-refractivity contribution is 5.95. The topological polar surface area (TPSA) is 101 Å². The van der Waals surface area contributed by atoms with E-state index in [2.05, 4.69) is 30.4 Å². The lowest BCUT2D eigenvalue weighted by Gasteiger charge is -2.07. The first-order chi connectivity index (χ1) is 9.75. The molecule has 0 aliphatic heterocycles. The first-order valence-electron chi connectivity index (χ1n) is 6.16. The molecule has 0 unspecified atom stereocenters. The van der Waals surface area contributed by atoms with Crippen molar-refractivity contribution in [3.05, 3.63) is 42.0 Å². The Kier molecular flexibility index (Phi) is 3.12. The number of imidazole rings is 1. The van der Waals surface area contributed by atoms with Gasteiger partial charge in [-0.15, -0.1) is 0 Å². The minimum Gasteiger partial charge on any atom is -0.352 e. The van der Waals surface area contributed by atoms with E-state index in [1.165, 1.54) is 12.5 Å². The predicted molar refractivity (Wildman–Crippen MR) is 70.1 cm³/mol. The summed E-state index contributed by atoms with van der Waals surface area (Å²) < 4.78 is 1.55. The number of aryl methyl sites for hydroxylation is 1. The van der Waals surface area contributed by atoms with Crippen LogP contribution in [0.3, 0.4) is 0 Å². The third kappa shape index (κ3) is 2.22. The Labute approximate surface area is 114 Å². The van der Waals surface area contributed by atoms with Gasteiger partial charge in [-0.25, -0.2) is 14.5 Å². The quantitative estimate of drug-likeness (QED) is 0.702. The van der Waals surface area contributed by atoms with Gasteiger partial charge in [-0.05, 0) is 6.92 Å². The van der Waals surface area contributed by atoms with E-state index in [0.717, 1.165) is 5.69 Å². The number of rotatable bonds is 4. The normalized spacial score (nSPS) is 10.8. The fourth-order valence-corrected chi connectivity index (χ4v) is 1.94. The number of aromatic nitrogens is 6. The second kappa shape index (κ2) is 5.08. The van der Waals surface area contributed by atoms with Crippen LogP contribution in [0.4, 0.5) is 0 Å². The summed E-state index contributed by atoms with van der Waals surface area (Å²) in [7, 11) is 0. The maximum Gasteiger partial charge on any atom is 0.254 e. The van der Waals surface area contributed by atoms with Crippen molar-refractivity contribution < 1.29 is 4.79 Å². The van der Waals surface area contributed by atoms with Gasteiger partial charge < -0.3 is 10.3 Å². The van der Waals surface area contributed by atoms with Gasteiger partial charge in [0.15, 0.2) is 0 Å². The van der Waals surface area contributed by atoms with Crippen molar-refractivity contribution in [3.8, 4) is 0 Å². The van der Waals surface area contributed by atoms with Crippen LogP contribution in [-0.2, 0) is 6.42 Å². The summed E-state index contributed by atoms with van der Waals surface area (Å²) in [5.74, 6) is 0.309. The SMILES string of the molecule is Cc1c(C(=O)NCCc2cnc[nH]2)cnc2ncnn12. The highest BCUT2D eigenvalue weighted by Gasteiger charge is 2.13. The Morgan fingerprint density at radius 1 is 1.40 bits per heavy atom. The molecule has 3 heterocycles. The molecule has 1 amide bonds. The van der Waals surface area contributed by atoms with E-state index in [1.54, 1.807) is 17.0 Å². The van der Waals surface area contributed by atoms with Gasteiger partial charge in [-0.3, -0.25) is 4.79 Å². The lowest BCUT2D eigenvalue weighted by Crippen LogP contribution is -2.27. The molecule has 0 radical (unpaired) electrons. The van der Waals surface area contributed by atoms with E-state index in [9.17, 15) is 4.79 Å². The number of fused-ring (bicyclic) bond motifs is 1. The largest absolute Gasteiger partial charge is 0.352 e. The van der Waals surface area contributed by atoms with Crippen molar-refractivity contribution >= 4 is 11.7 Å². The van der Waals surface area contributed by atoms with Gasteiger partial charge in [0.2, 0.25) is 0 Å². The van der Waals surface area contributed by atoms with Gasteiger partial charge in [0.25, 0.3) is 11.7 Å². The van der Waals surface area contributed by atoms with E-state index >= 15 is 0 Å². The van der Waals surface area contributed by atoms with Crippen molar-refractivity contribution in [1.82, 2.24) is 34.9 Å². The van der Waals surface area contributed by atoms with E-state index < -0.39 is 0 Å². The van der Waals surface area contributed by atoms with E-state index in [-0.39, 0.29) is 5.91 Å². The van der Waals surface area contributed by atoms with Crippen LogP contribution in [0, 0.1) is 6.92 Å². The first-order valence-corrected chi connectivity index (χ1v) is 6.16. The highest BCUT2D eigenvalue weighted by Crippen LogP contribution is 2.07. The van der Waals surface area contributed by atoms with Gasteiger partial charge in [-0.1, -0.05) is 0 Å². The number of amides is 1. The zero-order chi connectivity index (χ0) is 13.9. The Morgan fingerprint density at radius 3 is 3.10 bits per heavy atom. The second-order valence-electron chi connectivity index (χ2n) is 4.31. The van der Waals surface area contributed by atoms with Crippen LogP contribution in [0.1, 0.15) is 21.7 Å². The molecule has 0 spiro atoms. The van der Waals surface area contributed by atoms with Crippen molar-refractivity contribution in [1.29, 1.82) is 0 Å². The molecule has 2 N–H and O–H groups in total. The Bertz CT molecular complexity index is 731. The van der Waals surface area contributed by atoms with Crippen molar-refractivity contribution in [2.45, 2.75) is 13.3 Å². The molecule has 8 heteroatoms. The summed E-state index contributed by atoms with van der Waals surface area (Å²) in [5.41, 5.74) is 2.19. The summed E-state index contributed by atoms with van der Waals surface area (Å²) in [6, 6.07) is 0. The first kappa shape index (κ1) is 12.3. The molecule has 0 aliphatic carbocycles. The van der Waals surface area contributed by atoms with Gasteiger partial charge in [-0.2, -0.15) is 10.1 Å². The summed E-state index contributed by atoms with van der Waals surface area (Å²) in [5, 5.41) is 6.88. The van der Waals surface area contributed by atoms with Gasteiger partial charge in [0, 0.05) is 31.1 Å². The third-order valence-electron chi connectivity index (χ3n) is 3.03. The van der Waals surface area contributed by atoms with Crippen LogP contribution in [0.5, 0.6) is 0 Å². The molecule has 0 atom stereocenters. The Morgan fingerprint density at radius 2 is 2.30 bits per heavy atom. The van der Waals surface area contributed by atoms with Crippen LogP contribution in [0.15, 0.2) is 25.0 Å². The lowest BCUT2D eigenvalue weighted by atomic mass is 10.2. The number of aromatic amines is 1. The lowest BCUT2D eigenvalue weighted by molar-refractivity contribution is 0.0952. The molecule has 3 rings (SSSR count). The molecule has 20 heavy (non-hydrogen) atoms. The third-order valence-corrected chi connectivity index (χ3v) is 3.03. The maximum atomic E-state index is 12.1. The van der Waals surface area contributed by atoms with E-state index in [1.807, 2.05) is 6.92 Å². The predicted octanol–water partition coefficient (Wildman–Crippen LogP) is 0.128. The molecule has 0 bridgehead atoms. The summed E-state index contributed by atoms with van der Waals surface area (Å²) >= 11 is 0. The molecule has 8 nitrogen and oxygen atoms in total. The summed E-state index contributed by atoms with van der Waals surface area (Å²) in [6.07, 6.45) is 6.98. The minimum atomic E-state index is -0.174. The number of carbonyl (C=O) groups is 1. The zero-order valence-electron chi connectivity index (χ0n) is 10.9. The highest BCUT2D eigenvalue weighted by atomic mass is 16.1. The molecule has 0 fully saturated rings. The Balaban J connectivity index is 1.70. The van der Waals surface area contributed by atoms with Crippen molar-refractivity contribution in [3.63, 3.8) is 0 Å². The standard InChI is InChI=1S/C12H13N7O/c1-8-10(5-15-12-17-7-18-19(8)12)11(20)14-3-2-9-4-13-6-16-9/h4-7H,2-3H2,1H3,(H,13,16)(H,14,20).